The number of esters is 1. The highest BCUT2D eigenvalue weighted by molar-refractivity contribution is 8.00. The topological polar surface area (TPSA) is 76.0 Å². The number of piperidine rings is 1. The van der Waals surface area contributed by atoms with Gasteiger partial charge in [-0.1, -0.05) is 18.2 Å². The van der Waals surface area contributed by atoms with Gasteiger partial charge in [0.2, 0.25) is 0 Å². The van der Waals surface area contributed by atoms with E-state index in [0.717, 1.165) is 24.0 Å². The molecule has 1 aromatic carbocycles. The molecule has 0 radical (unpaired) electrons. The lowest BCUT2D eigenvalue weighted by Gasteiger charge is -2.33. The number of hydrogen-bond donors (Lipinski definition) is 0. The van der Waals surface area contributed by atoms with E-state index in [2.05, 4.69) is 4.40 Å². The summed E-state index contributed by atoms with van der Waals surface area (Å²) in [4.78, 5) is 14.3. The SMILES string of the molecule is CCOC(=O)C1CCCN(C2=NS(=O)(=O)C(c3ccc(C)c(C)c3)=C2C)C1. The van der Waals surface area contributed by atoms with Gasteiger partial charge in [0.1, 0.15) is 10.7 Å². The van der Waals surface area contributed by atoms with E-state index in [1.807, 2.05) is 36.9 Å². The summed E-state index contributed by atoms with van der Waals surface area (Å²) in [5.41, 5.74) is 3.45. The molecule has 1 fully saturated rings. The minimum Gasteiger partial charge on any atom is -0.466 e. The van der Waals surface area contributed by atoms with E-state index in [9.17, 15) is 13.2 Å². The molecule has 0 saturated carbocycles. The van der Waals surface area contributed by atoms with Crippen molar-refractivity contribution in [3.05, 3.63) is 40.5 Å². The number of rotatable bonds is 3. The summed E-state index contributed by atoms with van der Waals surface area (Å²) in [5, 5.41) is 0. The number of amidine groups is 1. The number of aryl methyl sites for hydroxylation is 2. The molecule has 0 amide bonds. The highest BCUT2D eigenvalue weighted by Crippen LogP contribution is 2.35. The number of ether oxygens (including phenoxy) is 1. The monoisotopic (exact) mass is 390 g/mol. The highest BCUT2D eigenvalue weighted by Gasteiger charge is 2.36. The van der Waals surface area contributed by atoms with Gasteiger partial charge in [-0.25, -0.2) is 0 Å². The van der Waals surface area contributed by atoms with Crippen molar-refractivity contribution in [2.24, 2.45) is 10.3 Å². The van der Waals surface area contributed by atoms with E-state index in [1.165, 1.54) is 0 Å². The lowest BCUT2D eigenvalue weighted by atomic mass is 9.97. The maximum absolute atomic E-state index is 12.8. The molecule has 7 heteroatoms. The maximum atomic E-state index is 12.8. The molecule has 2 heterocycles. The van der Waals surface area contributed by atoms with Crippen LogP contribution in [0.1, 0.15) is 43.4 Å². The third kappa shape index (κ3) is 3.78. The summed E-state index contributed by atoms with van der Waals surface area (Å²) in [6, 6.07) is 5.65. The normalized spacial score (nSPS) is 22.0. The quantitative estimate of drug-likeness (QED) is 0.742. The number of sulfonamides is 1. The largest absolute Gasteiger partial charge is 0.466 e. The second-order valence-corrected chi connectivity index (χ2v) is 8.72. The van der Waals surface area contributed by atoms with Crippen LogP contribution in [-0.2, 0) is 19.6 Å². The first-order chi connectivity index (χ1) is 12.7. The predicted molar refractivity (Wildman–Crippen MR) is 106 cm³/mol. The molecule has 27 heavy (non-hydrogen) atoms. The molecule has 0 aromatic heterocycles. The molecule has 0 N–H and O–H groups in total. The lowest BCUT2D eigenvalue weighted by Crippen LogP contribution is -2.42. The summed E-state index contributed by atoms with van der Waals surface area (Å²) in [5.74, 6) is -0.0144. The van der Waals surface area contributed by atoms with Crippen LogP contribution in [0, 0.1) is 19.8 Å². The van der Waals surface area contributed by atoms with Gasteiger partial charge in [0.05, 0.1) is 12.5 Å². The molecular weight excluding hydrogens is 364 g/mol. The minimum absolute atomic E-state index is 0.223. The smallest absolute Gasteiger partial charge is 0.310 e. The van der Waals surface area contributed by atoms with Crippen LogP contribution < -0.4 is 0 Å². The average molecular weight is 391 g/mol. The predicted octanol–water partition coefficient (Wildman–Crippen LogP) is 3.05. The summed E-state index contributed by atoms with van der Waals surface area (Å²) in [6.45, 7) is 9.01. The van der Waals surface area contributed by atoms with E-state index < -0.39 is 10.0 Å². The third-order valence-corrected chi connectivity index (χ3v) is 6.72. The average Bonchev–Trinajstić information content (AvgIpc) is 2.87. The molecule has 1 saturated heterocycles. The van der Waals surface area contributed by atoms with Gasteiger partial charge in [-0.3, -0.25) is 4.79 Å². The van der Waals surface area contributed by atoms with Gasteiger partial charge < -0.3 is 9.64 Å². The first kappa shape index (κ1) is 19.6. The van der Waals surface area contributed by atoms with Crippen LogP contribution >= 0.6 is 0 Å². The zero-order chi connectivity index (χ0) is 19.8. The van der Waals surface area contributed by atoms with Gasteiger partial charge in [0, 0.05) is 18.7 Å². The molecule has 146 valence electrons. The Morgan fingerprint density at radius 1 is 1.26 bits per heavy atom. The van der Waals surface area contributed by atoms with E-state index >= 15 is 0 Å². The number of benzene rings is 1. The Bertz CT molecular complexity index is 931. The second kappa shape index (κ2) is 7.46. The molecule has 6 nitrogen and oxygen atoms in total. The van der Waals surface area contributed by atoms with Gasteiger partial charge in [-0.05, 0) is 57.2 Å². The molecule has 0 spiro atoms. The molecule has 1 aromatic rings. The van der Waals surface area contributed by atoms with Crippen molar-refractivity contribution >= 4 is 26.7 Å². The van der Waals surface area contributed by atoms with E-state index in [1.54, 1.807) is 13.8 Å². The highest BCUT2D eigenvalue weighted by atomic mass is 32.2. The number of nitrogens with zero attached hydrogens (tertiary/aromatic N) is 2. The fourth-order valence-corrected chi connectivity index (χ4v) is 5.16. The zero-order valence-corrected chi connectivity index (χ0v) is 17.1. The fraction of sp³-hybridized carbons (Fsp3) is 0.500. The summed E-state index contributed by atoms with van der Waals surface area (Å²) in [6.07, 6.45) is 1.55. The summed E-state index contributed by atoms with van der Waals surface area (Å²) >= 11 is 0. The lowest BCUT2D eigenvalue weighted by molar-refractivity contribution is -0.149. The maximum Gasteiger partial charge on any atom is 0.310 e. The van der Waals surface area contributed by atoms with Crippen LogP contribution in [0.15, 0.2) is 28.2 Å². The Balaban J connectivity index is 1.93. The van der Waals surface area contributed by atoms with Crippen molar-refractivity contribution in [1.29, 1.82) is 0 Å². The minimum atomic E-state index is -3.76. The van der Waals surface area contributed by atoms with E-state index in [0.29, 0.717) is 36.7 Å². The van der Waals surface area contributed by atoms with Crippen molar-refractivity contribution in [2.75, 3.05) is 19.7 Å². The number of likely N-dealkylation sites (tertiary alicyclic amines) is 1. The van der Waals surface area contributed by atoms with Crippen LogP contribution in [-0.4, -0.2) is 44.8 Å². The molecule has 1 atom stereocenters. The van der Waals surface area contributed by atoms with Crippen LogP contribution in [0.2, 0.25) is 0 Å². The van der Waals surface area contributed by atoms with Gasteiger partial charge in [0.25, 0.3) is 10.0 Å². The molecule has 1 unspecified atom stereocenters. The number of carbonyl (C=O) groups is 1. The van der Waals surface area contributed by atoms with Gasteiger partial charge >= 0.3 is 5.97 Å². The van der Waals surface area contributed by atoms with Crippen molar-refractivity contribution in [3.8, 4) is 0 Å². The van der Waals surface area contributed by atoms with Gasteiger partial charge in [-0.2, -0.15) is 8.42 Å². The van der Waals surface area contributed by atoms with E-state index in [4.69, 9.17) is 4.74 Å². The number of carbonyl (C=O) groups excluding carboxylic acids is 1. The first-order valence-corrected chi connectivity index (χ1v) is 10.7. The molecular formula is C20H26N2O4S. The Labute approximate surface area is 161 Å². The first-order valence-electron chi connectivity index (χ1n) is 9.30. The van der Waals surface area contributed by atoms with Gasteiger partial charge in [0.15, 0.2) is 0 Å². The molecule has 0 aliphatic carbocycles. The van der Waals surface area contributed by atoms with Crippen LogP contribution in [0.5, 0.6) is 0 Å². The summed E-state index contributed by atoms with van der Waals surface area (Å²) in [7, 11) is -3.76. The Hall–Kier alpha value is -2.15. The molecule has 2 aliphatic heterocycles. The van der Waals surface area contributed by atoms with Crippen molar-refractivity contribution in [1.82, 2.24) is 4.90 Å². The molecule has 2 aliphatic rings. The van der Waals surface area contributed by atoms with Crippen molar-refractivity contribution < 1.29 is 17.9 Å². The van der Waals surface area contributed by atoms with Gasteiger partial charge in [-0.15, -0.1) is 4.40 Å². The molecule has 3 rings (SSSR count). The number of hydrogen-bond acceptors (Lipinski definition) is 5. The molecule has 0 bridgehead atoms. The zero-order valence-electron chi connectivity index (χ0n) is 16.3. The fourth-order valence-electron chi connectivity index (χ4n) is 3.69. The Kier molecular flexibility index (Phi) is 5.42. The second-order valence-electron chi connectivity index (χ2n) is 7.18. The Morgan fingerprint density at radius 3 is 2.67 bits per heavy atom. The van der Waals surface area contributed by atoms with Crippen LogP contribution in [0.4, 0.5) is 0 Å². The van der Waals surface area contributed by atoms with Crippen LogP contribution in [0.3, 0.4) is 0 Å². The standard InChI is InChI=1S/C20H26N2O4S/c1-5-26-20(23)17-7-6-10-22(12-17)19-15(4)18(27(24,25)21-19)16-9-8-13(2)14(3)11-16/h8-9,11,17H,5-7,10,12H2,1-4H3. The van der Waals surface area contributed by atoms with E-state index in [-0.39, 0.29) is 16.8 Å². The van der Waals surface area contributed by atoms with Crippen molar-refractivity contribution in [3.63, 3.8) is 0 Å². The summed E-state index contributed by atoms with van der Waals surface area (Å²) < 4.78 is 34.8. The van der Waals surface area contributed by atoms with Crippen LogP contribution in [0.25, 0.3) is 4.91 Å². The third-order valence-electron chi connectivity index (χ3n) is 5.25. The van der Waals surface area contributed by atoms with Crippen molar-refractivity contribution in [2.45, 2.75) is 40.5 Å². The Morgan fingerprint density at radius 2 is 2.00 bits per heavy atom.